The number of benzene rings is 1. The van der Waals surface area contributed by atoms with Gasteiger partial charge in [0.15, 0.2) is 17.7 Å². The summed E-state index contributed by atoms with van der Waals surface area (Å²) >= 11 is 2.56. The number of Topliss-reactive ketones (excluding diaryl/α,β-unsaturated/α-hetero) is 2. The highest BCUT2D eigenvalue weighted by Gasteiger charge is 2.39. The Morgan fingerprint density at radius 2 is 1.64 bits per heavy atom. The summed E-state index contributed by atoms with van der Waals surface area (Å²) in [5.74, 6) is -2.07. The lowest BCUT2D eigenvalue weighted by atomic mass is 9.83. The molecule has 17 nitrogen and oxygen atoms in total. The van der Waals surface area contributed by atoms with E-state index in [9.17, 15) is 33.6 Å². The fourth-order valence-electron chi connectivity index (χ4n) is 8.75. The van der Waals surface area contributed by atoms with Gasteiger partial charge in [-0.1, -0.05) is 70.9 Å². The van der Waals surface area contributed by atoms with Crippen LogP contribution in [-0.4, -0.2) is 170 Å². The molecule has 0 aliphatic carbocycles. The standard InChI is InChI=1S/C51H76N6O11S2/c1-10-34(4)39(28-43(60)41-18-14-15-20-55(41)7)50(63)56(8)42(33(2)3)29-44(68-36(6)58)49-54-40(32-70-49)48(62)53-35(5)47(37-16-12-11-13-17-37)52-31-38(59)19-22-65-24-26-67-27-25-66-23-21-57-46(61)30-45(69-9)51(57)64/h11-13,16-17,32-35,39,41-42,44-45H,10,14-15,18-31H2,1-9H3,(H,53,62)/t34-,35+,39-,41+,42+,44+,45?/m0/s1. The summed E-state index contributed by atoms with van der Waals surface area (Å²) in [5, 5.41) is 4.68. The lowest BCUT2D eigenvalue weighted by Gasteiger charge is -2.37. The number of ketones is 2. The van der Waals surface area contributed by atoms with Crippen molar-refractivity contribution in [1.29, 1.82) is 0 Å². The number of piperidine rings is 1. The second-order valence-electron chi connectivity index (χ2n) is 18.5. The van der Waals surface area contributed by atoms with Gasteiger partial charge in [0, 0.05) is 57.0 Å². The Morgan fingerprint density at radius 1 is 0.971 bits per heavy atom. The van der Waals surface area contributed by atoms with Gasteiger partial charge in [-0.25, -0.2) is 4.98 Å². The van der Waals surface area contributed by atoms with Crippen LogP contribution in [0.2, 0.25) is 0 Å². The van der Waals surface area contributed by atoms with E-state index < -0.39 is 29.9 Å². The molecule has 70 heavy (non-hydrogen) atoms. The Bertz CT molecular complexity index is 2070. The average Bonchev–Trinajstić information content (AvgIpc) is 3.94. The zero-order valence-electron chi connectivity index (χ0n) is 42.6. The first kappa shape index (κ1) is 58.2. The van der Waals surface area contributed by atoms with E-state index in [1.807, 2.05) is 71.3 Å². The molecule has 4 amide bonds. The normalized spacial score (nSPS) is 18.9. The number of ether oxygens (including phenoxy) is 4. The van der Waals surface area contributed by atoms with Crippen LogP contribution in [0, 0.1) is 17.8 Å². The molecule has 7 atom stereocenters. The van der Waals surface area contributed by atoms with E-state index in [1.54, 1.807) is 24.3 Å². The molecule has 3 heterocycles. The van der Waals surface area contributed by atoms with E-state index in [1.165, 1.54) is 34.9 Å². The van der Waals surface area contributed by atoms with Crippen LogP contribution >= 0.6 is 23.1 Å². The lowest BCUT2D eigenvalue weighted by molar-refractivity contribution is -0.149. The molecule has 2 fully saturated rings. The van der Waals surface area contributed by atoms with E-state index in [0.29, 0.717) is 30.5 Å². The van der Waals surface area contributed by atoms with Gasteiger partial charge in [-0.05, 0) is 57.0 Å². The van der Waals surface area contributed by atoms with Crippen molar-refractivity contribution >= 4 is 70.0 Å². The van der Waals surface area contributed by atoms with Crippen molar-refractivity contribution in [2.75, 3.05) is 79.6 Å². The molecule has 2 saturated heterocycles. The molecule has 2 aromatic rings. The molecule has 0 spiro atoms. The van der Waals surface area contributed by atoms with E-state index >= 15 is 0 Å². The van der Waals surface area contributed by atoms with Gasteiger partial charge < -0.3 is 29.2 Å². The number of rotatable bonds is 31. The third-order valence-electron chi connectivity index (χ3n) is 13.1. The number of likely N-dealkylation sites (N-methyl/N-ethyl adjacent to an activating group) is 1. The molecular weight excluding hydrogens is 937 g/mol. The van der Waals surface area contributed by atoms with E-state index in [0.717, 1.165) is 37.8 Å². The molecule has 1 unspecified atom stereocenters. The van der Waals surface area contributed by atoms with Gasteiger partial charge >= 0.3 is 5.97 Å². The van der Waals surface area contributed by atoms with E-state index in [2.05, 4.69) is 20.2 Å². The van der Waals surface area contributed by atoms with Crippen LogP contribution in [0.15, 0.2) is 40.7 Å². The topological polar surface area (TPSA) is 203 Å². The molecule has 19 heteroatoms. The maximum absolute atomic E-state index is 14.4. The first-order valence-electron chi connectivity index (χ1n) is 24.6. The molecule has 1 aromatic heterocycles. The van der Waals surface area contributed by atoms with Crippen LogP contribution in [0.25, 0.3) is 0 Å². The van der Waals surface area contributed by atoms with Crippen molar-refractivity contribution in [3.8, 4) is 0 Å². The van der Waals surface area contributed by atoms with Crippen LogP contribution in [0.1, 0.15) is 120 Å². The summed E-state index contributed by atoms with van der Waals surface area (Å²) in [5.41, 5.74) is 1.36. The Kier molecular flexibility index (Phi) is 24.8. The number of carbonyl (C=O) groups is 7. The Balaban J connectivity index is 1.30. The van der Waals surface area contributed by atoms with E-state index in [4.69, 9.17) is 18.9 Å². The molecule has 0 radical (unpaired) electrons. The predicted molar refractivity (Wildman–Crippen MR) is 271 cm³/mol. The Hall–Kier alpha value is -4.40. The number of nitrogens with one attached hydrogen (secondary N) is 1. The zero-order chi connectivity index (χ0) is 51.3. The minimum absolute atomic E-state index is 0.0213. The van der Waals surface area contributed by atoms with Gasteiger partial charge in [0.2, 0.25) is 17.7 Å². The molecule has 1 aromatic carbocycles. The summed E-state index contributed by atoms with van der Waals surface area (Å²) in [6.45, 7) is 13.7. The highest BCUT2D eigenvalue weighted by atomic mass is 32.2. The number of amides is 4. The van der Waals surface area contributed by atoms with Gasteiger partial charge in [0.1, 0.15) is 10.7 Å². The molecule has 2 aliphatic rings. The van der Waals surface area contributed by atoms with Crippen molar-refractivity contribution in [2.24, 2.45) is 22.7 Å². The average molecular weight is 1010 g/mol. The number of hydrogen-bond donors (Lipinski definition) is 1. The summed E-state index contributed by atoms with van der Waals surface area (Å²) in [7, 11) is 3.74. The molecule has 0 bridgehead atoms. The predicted octanol–water partition coefficient (Wildman–Crippen LogP) is 5.83. The smallest absolute Gasteiger partial charge is 0.303 e. The summed E-state index contributed by atoms with van der Waals surface area (Å²) < 4.78 is 22.5. The number of aliphatic imine (C=N–C) groups is 1. The van der Waals surface area contributed by atoms with Crippen molar-refractivity contribution < 1.29 is 52.5 Å². The summed E-state index contributed by atoms with van der Waals surface area (Å²) in [6, 6.07) is 8.08. The summed E-state index contributed by atoms with van der Waals surface area (Å²) in [4.78, 5) is 106. The SMILES string of the molecule is CC[C@H](C)[C@H](CC(=O)[C@H]1CCCCN1C)C(=O)N(C)[C@H](C[C@@H](OC(C)=O)c1nc(C(=O)N[C@H](C)C(=NCC(=O)CCOCCOCCOCCN2C(=O)CC(SC)C2=O)c2ccccc2)cs1)C(C)C. The number of aromatic nitrogens is 1. The maximum atomic E-state index is 14.4. The number of likely N-dealkylation sites (tertiary alicyclic amines) is 2. The minimum atomic E-state index is -0.847. The number of thioether (sulfide) groups is 1. The van der Waals surface area contributed by atoms with Crippen molar-refractivity contribution in [2.45, 2.75) is 122 Å². The van der Waals surface area contributed by atoms with Crippen LogP contribution in [0.3, 0.4) is 0 Å². The van der Waals surface area contributed by atoms with Crippen molar-refractivity contribution in [3.63, 3.8) is 0 Å². The first-order chi connectivity index (χ1) is 33.5. The zero-order valence-corrected chi connectivity index (χ0v) is 44.3. The van der Waals surface area contributed by atoms with Crippen LogP contribution < -0.4 is 5.32 Å². The Morgan fingerprint density at radius 3 is 2.26 bits per heavy atom. The molecule has 0 saturated carbocycles. The molecule has 4 rings (SSSR count). The quantitative estimate of drug-likeness (QED) is 0.0409. The monoisotopic (exact) mass is 1010 g/mol. The van der Waals surface area contributed by atoms with Crippen LogP contribution in [0.5, 0.6) is 0 Å². The fraction of sp³-hybridized carbons (Fsp3) is 0.667. The molecular formula is C51H76N6O11S2. The van der Waals surface area contributed by atoms with Crippen LogP contribution in [-0.2, 0) is 47.7 Å². The Labute approximate surface area is 422 Å². The van der Waals surface area contributed by atoms with Gasteiger partial charge in [-0.2, -0.15) is 11.8 Å². The number of carbonyl (C=O) groups excluding carboxylic acids is 7. The first-order valence-corrected chi connectivity index (χ1v) is 26.8. The second kappa shape index (κ2) is 29.8. The highest BCUT2D eigenvalue weighted by molar-refractivity contribution is 8.00. The number of esters is 1. The minimum Gasteiger partial charge on any atom is -0.455 e. The molecule has 2 aliphatic heterocycles. The largest absolute Gasteiger partial charge is 0.455 e. The summed E-state index contributed by atoms with van der Waals surface area (Å²) in [6.07, 6.45) is 5.33. The second-order valence-corrected chi connectivity index (χ2v) is 20.5. The van der Waals surface area contributed by atoms with E-state index in [-0.39, 0.29) is 123 Å². The fourth-order valence-corrected chi connectivity index (χ4v) is 10.2. The van der Waals surface area contributed by atoms with Crippen molar-refractivity contribution in [3.05, 3.63) is 52.0 Å². The molecule has 388 valence electrons. The maximum Gasteiger partial charge on any atom is 0.303 e. The van der Waals surface area contributed by atoms with Gasteiger partial charge in [0.25, 0.3) is 5.91 Å². The van der Waals surface area contributed by atoms with Gasteiger partial charge in [0.05, 0.1) is 75.8 Å². The van der Waals surface area contributed by atoms with Crippen molar-refractivity contribution in [1.82, 2.24) is 25.0 Å². The van der Waals surface area contributed by atoms with Crippen LogP contribution in [0.4, 0.5) is 0 Å². The lowest BCUT2D eigenvalue weighted by Crippen LogP contribution is -2.48. The highest BCUT2D eigenvalue weighted by Crippen LogP contribution is 2.33. The van der Waals surface area contributed by atoms with Gasteiger partial charge in [-0.15, -0.1) is 11.3 Å². The third kappa shape index (κ3) is 17.7. The number of nitrogens with zero attached hydrogens (tertiary/aromatic N) is 5. The number of hydrogen-bond acceptors (Lipinski definition) is 16. The third-order valence-corrected chi connectivity index (χ3v) is 15.0. The molecule has 1 N–H and O–H groups in total. The number of thiazole rings is 1. The van der Waals surface area contributed by atoms with Gasteiger partial charge in [-0.3, -0.25) is 48.4 Å². The number of imide groups is 1.